The Morgan fingerprint density at radius 2 is 2.19 bits per heavy atom. The van der Waals surface area contributed by atoms with Gasteiger partial charge in [-0.15, -0.1) is 0 Å². The molecule has 0 saturated carbocycles. The van der Waals surface area contributed by atoms with Gasteiger partial charge in [0.05, 0.1) is 6.10 Å². The fraction of sp³-hybridized carbons (Fsp3) is 0.615. The topological polar surface area (TPSA) is 34.2 Å². The summed E-state index contributed by atoms with van der Waals surface area (Å²) in [5.74, 6) is 0.993. The lowest BCUT2D eigenvalue weighted by Gasteiger charge is -2.09. The molecule has 0 amide bonds. The molecule has 0 aliphatic carbocycles. The van der Waals surface area contributed by atoms with E-state index in [1.807, 2.05) is 12.3 Å². The van der Waals surface area contributed by atoms with Crippen LogP contribution in [0.15, 0.2) is 18.3 Å². The van der Waals surface area contributed by atoms with Crippen LogP contribution in [0.3, 0.4) is 0 Å². The first-order chi connectivity index (χ1) is 7.70. The Morgan fingerprint density at radius 1 is 1.38 bits per heavy atom. The van der Waals surface area contributed by atoms with Crippen LogP contribution in [0, 0.1) is 6.92 Å². The van der Waals surface area contributed by atoms with E-state index in [1.54, 1.807) is 0 Å². The molecule has 90 valence electrons. The van der Waals surface area contributed by atoms with E-state index in [0.29, 0.717) is 6.10 Å². The SMILES string of the molecule is Cc1cccnc1NCCCCOC(C)C. The Hall–Kier alpha value is -1.09. The molecule has 0 aliphatic rings. The lowest BCUT2D eigenvalue weighted by molar-refractivity contribution is 0.0765. The van der Waals surface area contributed by atoms with Crippen LogP contribution >= 0.6 is 0 Å². The summed E-state index contributed by atoms with van der Waals surface area (Å²) < 4.78 is 5.47. The fourth-order valence-corrected chi connectivity index (χ4v) is 1.42. The van der Waals surface area contributed by atoms with Gasteiger partial charge in [-0.25, -0.2) is 4.98 Å². The molecule has 0 fully saturated rings. The Bertz CT molecular complexity index is 300. The van der Waals surface area contributed by atoms with Crippen molar-refractivity contribution in [3.63, 3.8) is 0 Å². The molecule has 3 heteroatoms. The summed E-state index contributed by atoms with van der Waals surface area (Å²) in [6.45, 7) is 8.00. The maximum absolute atomic E-state index is 5.47. The molecule has 1 aromatic heterocycles. The smallest absolute Gasteiger partial charge is 0.128 e. The van der Waals surface area contributed by atoms with Gasteiger partial charge in [0, 0.05) is 19.3 Å². The van der Waals surface area contributed by atoms with E-state index in [4.69, 9.17) is 4.74 Å². The van der Waals surface area contributed by atoms with E-state index in [-0.39, 0.29) is 0 Å². The van der Waals surface area contributed by atoms with E-state index in [2.05, 4.69) is 37.1 Å². The Balaban J connectivity index is 2.10. The first kappa shape index (κ1) is 13.0. The average Bonchev–Trinajstić information content (AvgIpc) is 2.25. The predicted octanol–water partition coefficient (Wildman–Crippen LogP) is 3.01. The largest absolute Gasteiger partial charge is 0.379 e. The monoisotopic (exact) mass is 222 g/mol. The Labute approximate surface area is 98.2 Å². The standard InChI is InChI=1S/C13H22N2O/c1-11(2)16-10-5-4-8-14-13-12(3)7-6-9-15-13/h6-7,9,11H,4-5,8,10H2,1-3H3,(H,14,15). The zero-order valence-corrected chi connectivity index (χ0v) is 10.5. The Morgan fingerprint density at radius 3 is 2.88 bits per heavy atom. The number of anilines is 1. The third-order valence-electron chi connectivity index (χ3n) is 2.32. The highest BCUT2D eigenvalue weighted by molar-refractivity contribution is 5.42. The number of nitrogens with zero attached hydrogens (tertiary/aromatic N) is 1. The maximum atomic E-state index is 5.47. The highest BCUT2D eigenvalue weighted by Gasteiger charge is 1.97. The summed E-state index contributed by atoms with van der Waals surface area (Å²) in [5.41, 5.74) is 1.20. The number of aromatic nitrogens is 1. The summed E-state index contributed by atoms with van der Waals surface area (Å²) >= 11 is 0. The minimum atomic E-state index is 0.339. The zero-order valence-electron chi connectivity index (χ0n) is 10.5. The molecule has 0 bridgehead atoms. The molecular weight excluding hydrogens is 200 g/mol. The van der Waals surface area contributed by atoms with Crippen LogP contribution < -0.4 is 5.32 Å². The molecule has 1 heterocycles. The number of unbranched alkanes of at least 4 members (excludes halogenated alkanes) is 1. The molecule has 0 radical (unpaired) electrons. The van der Waals surface area contributed by atoms with Crippen LogP contribution in [0.25, 0.3) is 0 Å². The lowest BCUT2D eigenvalue weighted by atomic mass is 10.2. The van der Waals surface area contributed by atoms with Crippen molar-refractivity contribution < 1.29 is 4.74 Å². The van der Waals surface area contributed by atoms with Crippen LogP contribution in [0.4, 0.5) is 5.82 Å². The number of hydrogen-bond donors (Lipinski definition) is 1. The van der Waals surface area contributed by atoms with Gasteiger partial charge < -0.3 is 10.1 Å². The molecule has 1 N–H and O–H groups in total. The number of nitrogens with one attached hydrogen (secondary N) is 1. The van der Waals surface area contributed by atoms with Crippen molar-refractivity contribution in [2.75, 3.05) is 18.5 Å². The van der Waals surface area contributed by atoms with Crippen molar-refractivity contribution in [3.8, 4) is 0 Å². The van der Waals surface area contributed by atoms with E-state index in [9.17, 15) is 0 Å². The quantitative estimate of drug-likeness (QED) is 0.720. The molecule has 0 aliphatic heterocycles. The number of hydrogen-bond acceptors (Lipinski definition) is 3. The van der Waals surface area contributed by atoms with Crippen molar-refractivity contribution in [2.45, 2.75) is 39.7 Å². The van der Waals surface area contributed by atoms with E-state index in [0.717, 1.165) is 31.8 Å². The molecule has 0 unspecified atom stereocenters. The summed E-state index contributed by atoms with van der Waals surface area (Å²) in [7, 11) is 0. The van der Waals surface area contributed by atoms with Gasteiger partial charge >= 0.3 is 0 Å². The van der Waals surface area contributed by atoms with Gasteiger partial charge in [-0.05, 0) is 45.2 Å². The second-order valence-corrected chi connectivity index (χ2v) is 4.22. The first-order valence-electron chi connectivity index (χ1n) is 5.97. The van der Waals surface area contributed by atoms with E-state index < -0.39 is 0 Å². The molecule has 3 nitrogen and oxygen atoms in total. The number of ether oxygens (including phenoxy) is 1. The molecule has 0 spiro atoms. The van der Waals surface area contributed by atoms with Gasteiger partial charge in [-0.3, -0.25) is 0 Å². The van der Waals surface area contributed by atoms with Gasteiger partial charge in [0.15, 0.2) is 0 Å². The van der Waals surface area contributed by atoms with Crippen LogP contribution in [0.2, 0.25) is 0 Å². The molecule has 0 saturated heterocycles. The highest BCUT2D eigenvalue weighted by atomic mass is 16.5. The second-order valence-electron chi connectivity index (χ2n) is 4.22. The summed E-state index contributed by atoms with van der Waals surface area (Å²) in [4.78, 5) is 4.28. The van der Waals surface area contributed by atoms with Gasteiger partial charge in [0.2, 0.25) is 0 Å². The number of aryl methyl sites for hydroxylation is 1. The van der Waals surface area contributed by atoms with Crippen molar-refractivity contribution in [2.24, 2.45) is 0 Å². The number of rotatable bonds is 7. The third kappa shape index (κ3) is 5.12. The summed E-state index contributed by atoms with van der Waals surface area (Å²) in [5, 5.41) is 3.33. The minimum absolute atomic E-state index is 0.339. The average molecular weight is 222 g/mol. The number of pyridine rings is 1. The van der Waals surface area contributed by atoms with Gasteiger partial charge in [-0.1, -0.05) is 6.07 Å². The first-order valence-corrected chi connectivity index (χ1v) is 5.97. The fourth-order valence-electron chi connectivity index (χ4n) is 1.42. The van der Waals surface area contributed by atoms with Gasteiger partial charge in [0.1, 0.15) is 5.82 Å². The normalized spacial score (nSPS) is 10.8. The Kier molecular flexibility index (Phi) is 5.86. The molecular formula is C13H22N2O. The van der Waals surface area contributed by atoms with Crippen LogP contribution in [-0.4, -0.2) is 24.2 Å². The molecule has 0 aromatic carbocycles. The van der Waals surface area contributed by atoms with Crippen LogP contribution in [0.1, 0.15) is 32.3 Å². The zero-order chi connectivity index (χ0) is 11.8. The second kappa shape index (κ2) is 7.23. The molecule has 1 rings (SSSR count). The lowest BCUT2D eigenvalue weighted by Crippen LogP contribution is -2.08. The summed E-state index contributed by atoms with van der Waals surface area (Å²) in [6, 6.07) is 4.02. The highest BCUT2D eigenvalue weighted by Crippen LogP contribution is 2.08. The van der Waals surface area contributed by atoms with Gasteiger partial charge in [0.25, 0.3) is 0 Å². The maximum Gasteiger partial charge on any atom is 0.128 e. The van der Waals surface area contributed by atoms with E-state index >= 15 is 0 Å². The minimum Gasteiger partial charge on any atom is -0.379 e. The summed E-state index contributed by atoms with van der Waals surface area (Å²) in [6.07, 6.45) is 4.36. The van der Waals surface area contributed by atoms with Crippen molar-refractivity contribution in [1.82, 2.24) is 4.98 Å². The molecule has 1 aromatic rings. The molecule has 0 atom stereocenters. The van der Waals surface area contributed by atoms with Crippen molar-refractivity contribution in [1.29, 1.82) is 0 Å². The van der Waals surface area contributed by atoms with E-state index in [1.165, 1.54) is 5.56 Å². The molecule has 16 heavy (non-hydrogen) atoms. The van der Waals surface area contributed by atoms with Crippen LogP contribution in [0.5, 0.6) is 0 Å². The third-order valence-corrected chi connectivity index (χ3v) is 2.32. The van der Waals surface area contributed by atoms with Gasteiger partial charge in [-0.2, -0.15) is 0 Å². The predicted molar refractivity (Wildman–Crippen MR) is 67.8 cm³/mol. The van der Waals surface area contributed by atoms with Crippen molar-refractivity contribution >= 4 is 5.82 Å². The van der Waals surface area contributed by atoms with Crippen molar-refractivity contribution in [3.05, 3.63) is 23.9 Å². The van der Waals surface area contributed by atoms with Crippen LogP contribution in [-0.2, 0) is 4.74 Å².